The Morgan fingerprint density at radius 3 is 2.64 bits per heavy atom. The van der Waals surface area contributed by atoms with Crippen LogP contribution in [0.5, 0.6) is 11.5 Å². The first-order valence-electron chi connectivity index (χ1n) is 3.06. The molecule has 0 spiro atoms. The lowest BCUT2D eigenvalue weighted by atomic mass is 10.3. The van der Waals surface area contributed by atoms with Crippen molar-refractivity contribution in [3.05, 3.63) is 18.2 Å². The summed E-state index contributed by atoms with van der Waals surface area (Å²) in [6.45, 7) is 0. The summed E-state index contributed by atoms with van der Waals surface area (Å²) < 4.78 is 0. The van der Waals surface area contributed by atoms with Gasteiger partial charge in [-0.1, -0.05) is 0 Å². The van der Waals surface area contributed by atoms with E-state index in [9.17, 15) is 0 Å². The molecule has 0 aromatic heterocycles. The monoisotopic (exact) mass is 152 g/mol. The largest absolute Gasteiger partial charge is 0.508 e. The molecular weight excluding hydrogens is 144 g/mol. The smallest absolute Gasteiger partial charge is 0.143 e. The van der Waals surface area contributed by atoms with Gasteiger partial charge < -0.3 is 10.2 Å². The number of azo groups is 1. The number of nitrogens with zero attached hydrogens (tertiary/aromatic N) is 2. The summed E-state index contributed by atoms with van der Waals surface area (Å²) in [6, 6.07) is 4.08. The molecule has 0 heterocycles. The summed E-state index contributed by atoms with van der Waals surface area (Å²) in [4.78, 5) is 0. The van der Waals surface area contributed by atoms with Crippen LogP contribution in [0.3, 0.4) is 0 Å². The maximum atomic E-state index is 9.10. The van der Waals surface area contributed by atoms with Crippen LogP contribution in [0.15, 0.2) is 28.4 Å². The fourth-order valence-electron chi connectivity index (χ4n) is 0.700. The van der Waals surface area contributed by atoms with Crippen LogP contribution in [0.1, 0.15) is 0 Å². The van der Waals surface area contributed by atoms with Gasteiger partial charge in [-0.2, -0.15) is 10.2 Å². The number of phenols is 2. The molecule has 4 nitrogen and oxygen atoms in total. The Hall–Kier alpha value is -1.58. The van der Waals surface area contributed by atoms with Crippen molar-refractivity contribution in [2.75, 3.05) is 7.05 Å². The van der Waals surface area contributed by atoms with E-state index in [-0.39, 0.29) is 17.2 Å². The lowest BCUT2D eigenvalue weighted by molar-refractivity contribution is 0.461. The molecule has 0 aliphatic heterocycles. The molecule has 0 fully saturated rings. The van der Waals surface area contributed by atoms with Gasteiger partial charge in [-0.3, -0.25) is 0 Å². The highest BCUT2D eigenvalue weighted by Gasteiger charge is 1.98. The molecule has 0 saturated heterocycles. The zero-order chi connectivity index (χ0) is 8.27. The van der Waals surface area contributed by atoms with Gasteiger partial charge in [0.2, 0.25) is 0 Å². The molecule has 0 saturated carbocycles. The fraction of sp³-hybridized carbons (Fsp3) is 0.143. The molecule has 0 atom stereocenters. The molecule has 0 aliphatic carbocycles. The second-order valence-corrected chi connectivity index (χ2v) is 1.97. The number of phenolic OH excluding ortho intramolecular Hbond substituents is 2. The molecule has 1 aromatic carbocycles. The van der Waals surface area contributed by atoms with Crippen molar-refractivity contribution in [1.82, 2.24) is 0 Å². The molecule has 11 heavy (non-hydrogen) atoms. The third-order valence-electron chi connectivity index (χ3n) is 1.17. The number of benzene rings is 1. The van der Waals surface area contributed by atoms with Gasteiger partial charge in [-0.05, 0) is 12.1 Å². The van der Waals surface area contributed by atoms with Crippen LogP contribution >= 0.6 is 0 Å². The summed E-state index contributed by atoms with van der Waals surface area (Å²) in [5, 5.41) is 25.1. The zero-order valence-electron chi connectivity index (χ0n) is 6.02. The first-order valence-corrected chi connectivity index (χ1v) is 3.06. The highest BCUT2D eigenvalue weighted by atomic mass is 16.3. The minimum Gasteiger partial charge on any atom is -0.508 e. The van der Waals surface area contributed by atoms with Crippen molar-refractivity contribution in [3.8, 4) is 11.5 Å². The number of rotatable bonds is 1. The van der Waals surface area contributed by atoms with Crippen LogP contribution in [0.25, 0.3) is 0 Å². The number of hydrogen-bond acceptors (Lipinski definition) is 4. The predicted molar refractivity (Wildman–Crippen MR) is 40.2 cm³/mol. The Labute approximate surface area is 63.8 Å². The molecule has 1 aromatic rings. The van der Waals surface area contributed by atoms with Crippen molar-refractivity contribution in [1.29, 1.82) is 0 Å². The van der Waals surface area contributed by atoms with Gasteiger partial charge in [-0.25, -0.2) is 0 Å². The van der Waals surface area contributed by atoms with E-state index in [2.05, 4.69) is 10.2 Å². The van der Waals surface area contributed by atoms with E-state index in [1.165, 1.54) is 25.2 Å². The molecule has 4 heteroatoms. The summed E-state index contributed by atoms with van der Waals surface area (Å²) in [7, 11) is 1.49. The first kappa shape index (κ1) is 7.53. The fourth-order valence-corrected chi connectivity index (χ4v) is 0.700. The van der Waals surface area contributed by atoms with Crippen LogP contribution in [0.2, 0.25) is 0 Å². The summed E-state index contributed by atoms with van der Waals surface area (Å²) >= 11 is 0. The van der Waals surface area contributed by atoms with Crippen LogP contribution in [-0.4, -0.2) is 17.3 Å². The Bertz CT molecular complexity index is 284. The van der Waals surface area contributed by atoms with E-state index < -0.39 is 0 Å². The van der Waals surface area contributed by atoms with Crippen molar-refractivity contribution in [2.45, 2.75) is 0 Å². The maximum Gasteiger partial charge on any atom is 0.143 e. The molecule has 1 rings (SSSR count). The minimum absolute atomic E-state index is 0.00778. The average Bonchev–Trinajstić information content (AvgIpc) is 1.98. The average molecular weight is 152 g/mol. The Kier molecular flexibility index (Phi) is 2.06. The van der Waals surface area contributed by atoms with Gasteiger partial charge in [0.1, 0.15) is 17.2 Å². The lowest BCUT2D eigenvalue weighted by Gasteiger charge is -1.96. The van der Waals surface area contributed by atoms with E-state index in [1.807, 2.05) is 0 Å². The summed E-state index contributed by atoms with van der Waals surface area (Å²) in [5.41, 5.74) is 0.271. The third-order valence-corrected chi connectivity index (χ3v) is 1.17. The molecule has 0 aliphatic rings. The second kappa shape index (κ2) is 3.01. The minimum atomic E-state index is 0.00778. The first-order chi connectivity index (χ1) is 5.24. The van der Waals surface area contributed by atoms with Gasteiger partial charge in [0.25, 0.3) is 0 Å². The highest BCUT2D eigenvalue weighted by Crippen LogP contribution is 2.29. The van der Waals surface area contributed by atoms with Gasteiger partial charge in [0.15, 0.2) is 0 Å². The van der Waals surface area contributed by atoms with E-state index in [4.69, 9.17) is 10.2 Å². The highest BCUT2D eigenvalue weighted by molar-refractivity contribution is 5.53. The Morgan fingerprint density at radius 1 is 1.27 bits per heavy atom. The SMILES string of the molecule is C/N=N/c1cc(O)ccc1O. The normalized spacial score (nSPS) is 10.6. The molecule has 0 bridgehead atoms. The van der Waals surface area contributed by atoms with Crippen molar-refractivity contribution in [2.24, 2.45) is 10.2 Å². The molecular formula is C7H8N2O2. The standard InChI is InChI=1S/C7H8N2O2/c1-8-9-6-4-5(10)2-3-7(6)11/h2-4,10-11H,1H3/b9-8+. The molecule has 0 amide bonds. The second-order valence-electron chi connectivity index (χ2n) is 1.97. The number of hydrogen-bond donors (Lipinski definition) is 2. The predicted octanol–water partition coefficient (Wildman–Crippen LogP) is 1.81. The van der Waals surface area contributed by atoms with E-state index >= 15 is 0 Å². The van der Waals surface area contributed by atoms with Crippen LogP contribution in [0.4, 0.5) is 5.69 Å². The molecule has 58 valence electrons. The van der Waals surface area contributed by atoms with Crippen molar-refractivity contribution >= 4 is 5.69 Å². The molecule has 0 radical (unpaired) electrons. The molecule has 0 unspecified atom stereocenters. The van der Waals surface area contributed by atoms with E-state index in [0.29, 0.717) is 0 Å². The van der Waals surface area contributed by atoms with Crippen molar-refractivity contribution in [3.63, 3.8) is 0 Å². The Balaban J connectivity index is 3.12. The van der Waals surface area contributed by atoms with E-state index in [1.54, 1.807) is 0 Å². The summed E-state index contributed by atoms with van der Waals surface area (Å²) in [6.07, 6.45) is 0. The molecule has 2 N–H and O–H groups in total. The van der Waals surface area contributed by atoms with Crippen LogP contribution < -0.4 is 0 Å². The maximum absolute atomic E-state index is 9.10. The zero-order valence-corrected chi connectivity index (χ0v) is 6.02. The van der Waals surface area contributed by atoms with Gasteiger partial charge in [0.05, 0.1) is 0 Å². The van der Waals surface area contributed by atoms with Crippen LogP contribution in [-0.2, 0) is 0 Å². The topological polar surface area (TPSA) is 65.2 Å². The third kappa shape index (κ3) is 1.67. The quantitative estimate of drug-likeness (QED) is 0.476. The lowest BCUT2D eigenvalue weighted by Crippen LogP contribution is -1.67. The van der Waals surface area contributed by atoms with Gasteiger partial charge in [-0.15, -0.1) is 0 Å². The van der Waals surface area contributed by atoms with Gasteiger partial charge >= 0.3 is 0 Å². The van der Waals surface area contributed by atoms with E-state index in [0.717, 1.165) is 0 Å². The number of aromatic hydroxyl groups is 2. The van der Waals surface area contributed by atoms with Gasteiger partial charge in [0, 0.05) is 13.1 Å². The summed E-state index contributed by atoms with van der Waals surface area (Å²) in [5.74, 6) is 0.0681. The van der Waals surface area contributed by atoms with Crippen LogP contribution in [0, 0.1) is 0 Å². The Morgan fingerprint density at radius 2 is 2.00 bits per heavy atom. The van der Waals surface area contributed by atoms with Crippen molar-refractivity contribution < 1.29 is 10.2 Å².